The first-order chi connectivity index (χ1) is 11.1. The Kier molecular flexibility index (Phi) is 6.70. The lowest BCUT2D eigenvalue weighted by molar-refractivity contribution is -0.120. The Morgan fingerprint density at radius 2 is 1.74 bits per heavy atom. The van der Waals surface area contributed by atoms with Crippen molar-refractivity contribution in [2.24, 2.45) is 0 Å². The average molecular weight is 375 g/mol. The van der Waals surface area contributed by atoms with Crippen LogP contribution in [0.2, 0.25) is 15.1 Å². The zero-order valence-electron chi connectivity index (χ0n) is 11.9. The molecule has 23 heavy (non-hydrogen) atoms. The van der Waals surface area contributed by atoms with Crippen molar-refractivity contribution in [1.82, 2.24) is 15.4 Å². The van der Waals surface area contributed by atoms with Gasteiger partial charge in [0.25, 0.3) is 0 Å². The summed E-state index contributed by atoms with van der Waals surface area (Å²) < 4.78 is 0. The van der Waals surface area contributed by atoms with Gasteiger partial charge in [0.05, 0.1) is 15.7 Å². The Hall–Kier alpha value is -1.76. The van der Waals surface area contributed by atoms with Gasteiger partial charge in [0.15, 0.2) is 0 Å². The molecule has 6 nitrogen and oxygen atoms in total. The molecule has 0 saturated heterocycles. The molecule has 1 aromatic heterocycles. The van der Waals surface area contributed by atoms with E-state index in [0.29, 0.717) is 46.1 Å². The molecule has 3 N–H and O–H groups in total. The van der Waals surface area contributed by atoms with Crippen LogP contribution in [0.5, 0.6) is 0 Å². The Morgan fingerprint density at radius 1 is 1.09 bits per heavy atom. The smallest absolute Gasteiger partial charge is 0.238 e. The maximum absolute atomic E-state index is 11.8. The van der Waals surface area contributed by atoms with Crippen molar-refractivity contribution in [2.75, 3.05) is 17.3 Å². The molecule has 0 aliphatic carbocycles. The molecule has 0 spiro atoms. The van der Waals surface area contributed by atoms with Crippen LogP contribution in [0.25, 0.3) is 0 Å². The highest BCUT2D eigenvalue weighted by Crippen LogP contribution is 2.33. The van der Waals surface area contributed by atoms with E-state index in [0.717, 1.165) is 0 Å². The second-order valence-corrected chi connectivity index (χ2v) is 5.77. The van der Waals surface area contributed by atoms with Gasteiger partial charge in [0, 0.05) is 30.4 Å². The summed E-state index contributed by atoms with van der Waals surface area (Å²) in [6.45, 7) is 0.583. The van der Waals surface area contributed by atoms with E-state index in [1.165, 1.54) is 12.1 Å². The van der Waals surface area contributed by atoms with Gasteiger partial charge in [-0.15, -0.1) is 0 Å². The number of nitrogens with one attached hydrogen (secondary N) is 3. The van der Waals surface area contributed by atoms with Crippen LogP contribution in [0.1, 0.15) is 12.8 Å². The number of aromatic nitrogens is 2. The molecule has 0 fully saturated rings. The highest BCUT2D eigenvalue weighted by Gasteiger charge is 2.09. The zero-order chi connectivity index (χ0) is 16.7. The summed E-state index contributed by atoms with van der Waals surface area (Å²) in [5, 5.41) is 4.09. The number of hydrogen-bond acceptors (Lipinski definition) is 5. The molecule has 0 aliphatic rings. The van der Waals surface area contributed by atoms with Gasteiger partial charge in [0.2, 0.25) is 11.9 Å². The third-order valence-electron chi connectivity index (χ3n) is 2.76. The molecule has 0 unspecified atom stereocenters. The standard InChI is InChI=1S/C14H14Cl3N5O/c15-9-7-10(16)13(11(17)8-9)22-21-12(23)3-1-4-18-14-19-5-2-6-20-14/h2,5-8,22H,1,3-4H2,(H,21,23)(H,18,19,20). The molecule has 0 aliphatic heterocycles. The van der Waals surface area contributed by atoms with Crippen LogP contribution >= 0.6 is 34.8 Å². The largest absolute Gasteiger partial charge is 0.354 e. The van der Waals surface area contributed by atoms with Gasteiger partial charge in [-0.2, -0.15) is 0 Å². The fraction of sp³-hybridized carbons (Fsp3) is 0.214. The van der Waals surface area contributed by atoms with Crippen LogP contribution in [0.4, 0.5) is 11.6 Å². The van der Waals surface area contributed by atoms with E-state index in [1.807, 2.05) is 0 Å². The first kappa shape index (κ1) is 17.6. The minimum absolute atomic E-state index is 0.192. The summed E-state index contributed by atoms with van der Waals surface area (Å²) in [7, 11) is 0. The monoisotopic (exact) mass is 373 g/mol. The molecule has 122 valence electrons. The number of benzene rings is 1. The van der Waals surface area contributed by atoms with Crippen molar-refractivity contribution in [3.8, 4) is 0 Å². The van der Waals surface area contributed by atoms with Crippen molar-refractivity contribution in [3.63, 3.8) is 0 Å². The summed E-state index contributed by atoms with van der Waals surface area (Å²) in [5.74, 6) is 0.341. The minimum atomic E-state index is -0.192. The van der Waals surface area contributed by atoms with E-state index in [4.69, 9.17) is 34.8 Å². The molecule has 1 amide bonds. The zero-order valence-corrected chi connectivity index (χ0v) is 14.2. The SMILES string of the molecule is O=C(CCCNc1ncccn1)NNc1c(Cl)cc(Cl)cc1Cl. The number of rotatable bonds is 7. The maximum Gasteiger partial charge on any atom is 0.238 e. The first-order valence-electron chi connectivity index (χ1n) is 6.76. The quantitative estimate of drug-likeness (QED) is 0.508. The lowest BCUT2D eigenvalue weighted by Gasteiger charge is -2.12. The fourth-order valence-corrected chi connectivity index (χ4v) is 2.61. The summed E-state index contributed by atoms with van der Waals surface area (Å²) in [4.78, 5) is 19.8. The van der Waals surface area contributed by atoms with E-state index in [9.17, 15) is 4.79 Å². The number of hydrazine groups is 1. The Bertz CT molecular complexity index is 646. The predicted octanol–water partition coefficient (Wildman–Crippen LogP) is 3.77. The van der Waals surface area contributed by atoms with Gasteiger partial charge < -0.3 is 5.32 Å². The van der Waals surface area contributed by atoms with Crippen molar-refractivity contribution in [3.05, 3.63) is 45.7 Å². The molecule has 0 saturated carbocycles. The molecular weight excluding hydrogens is 361 g/mol. The third kappa shape index (κ3) is 5.74. The van der Waals surface area contributed by atoms with Gasteiger partial charge in [-0.3, -0.25) is 15.6 Å². The van der Waals surface area contributed by atoms with E-state index in [2.05, 4.69) is 26.1 Å². The molecule has 0 bridgehead atoms. The highest BCUT2D eigenvalue weighted by atomic mass is 35.5. The molecule has 0 radical (unpaired) electrons. The van der Waals surface area contributed by atoms with E-state index in [1.54, 1.807) is 18.5 Å². The third-order valence-corrected chi connectivity index (χ3v) is 3.58. The number of nitrogens with zero attached hydrogens (tertiary/aromatic N) is 2. The van der Waals surface area contributed by atoms with E-state index < -0.39 is 0 Å². The number of halogens is 3. The number of carbonyl (C=O) groups is 1. The van der Waals surface area contributed by atoms with Crippen LogP contribution < -0.4 is 16.2 Å². The maximum atomic E-state index is 11.8. The molecular formula is C14H14Cl3N5O. The highest BCUT2D eigenvalue weighted by molar-refractivity contribution is 6.41. The predicted molar refractivity (Wildman–Crippen MR) is 93.0 cm³/mol. The molecule has 9 heteroatoms. The van der Waals surface area contributed by atoms with Gasteiger partial charge in [-0.05, 0) is 24.6 Å². The normalized spacial score (nSPS) is 10.2. The van der Waals surface area contributed by atoms with Crippen LogP contribution in [0.15, 0.2) is 30.6 Å². The number of amides is 1. The topological polar surface area (TPSA) is 78.9 Å². The number of hydrogen-bond donors (Lipinski definition) is 3. The van der Waals surface area contributed by atoms with Gasteiger partial charge in [-0.1, -0.05) is 34.8 Å². The van der Waals surface area contributed by atoms with Crippen molar-refractivity contribution in [1.29, 1.82) is 0 Å². The Balaban J connectivity index is 1.71. The van der Waals surface area contributed by atoms with Crippen LogP contribution in [-0.2, 0) is 4.79 Å². The molecule has 1 heterocycles. The molecule has 0 atom stereocenters. The second kappa shape index (κ2) is 8.76. The van der Waals surface area contributed by atoms with Gasteiger partial charge in [-0.25, -0.2) is 9.97 Å². The van der Waals surface area contributed by atoms with Gasteiger partial charge >= 0.3 is 0 Å². The van der Waals surface area contributed by atoms with Crippen molar-refractivity contribution >= 4 is 52.3 Å². The van der Waals surface area contributed by atoms with E-state index in [-0.39, 0.29) is 5.91 Å². The molecule has 1 aromatic carbocycles. The van der Waals surface area contributed by atoms with Crippen molar-refractivity contribution < 1.29 is 4.79 Å². The Labute approximate surface area is 148 Å². The summed E-state index contributed by atoms with van der Waals surface area (Å²) in [5.41, 5.74) is 5.64. The number of carbonyl (C=O) groups excluding carboxylic acids is 1. The number of anilines is 2. The van der Waals surface area contributed by atoms with Crippen LogP contribution in [0.3, 0.4) is 0 Å². The van der Waals surface area contributed by atoms with Gasteiger partial charge in [0.1, 0.15) is 0 Å². The average Bonchev–Trinajstić information content (AvgIpc) is 2.51. The van der Waals surface area contributed by atoms with Crippen LogP contribution in [-0.4, -0.2) is 22.4 Å². The lowest BCUT2D eigenvalue weighted by atomic mass is 10.3. The molecule has 2 aromatic rings. The summed E-state index contributed by atoms with van der Waals surface area (Å²) >= 11 is 17.8. The molecule has 2 rings (SSSR count). The minimum Gasteiger partial charge on any atom is -0.354 e. The second-order valence-electron chi connectivity index (χ2n) is 4.52. The fourth-order valence-electron chi connectivity index (χ4n) is 1.70. The summed E-state index contributed by atoms with van der Waals surface area (Å²) in [6, 6.07) is 4.80. The van der Waals surface area contributed by atoms with Crippen LogP contribution in [0, 0.1) is 0 Å². The lowest BCUT2D eigenvalue weighted by Crippen LogP contribution is -2.29. The Morgan fingerprint density at radius 3 is 2.39 bits per heavy atom. The summed E-state index contributed by atoms with van der Waals surface area (Å²) in [6.07, 6.45) is 4.22. The van der Waals surface area contributed by atoms with Crippen molar-refractivity contribution in [2.45, 2.75) is 12.8 Å². The first-order valence-corrected chi connectivity index (χ1v) is 7.90. The van der Waals surface area contributed by atoms with E-state index >= 15 is 0 Å².